The Labute approximate surface area is 128 Å². The van der Waals surface area contributed by atoms with E-state index in [1.807, 2.05) is 0 Å². The topological polar surface area (TPSA) is 80.5 Å². The van der Waals surface area contributed by atoms with Crippen molar-refractivity contribution in [2.24, 2.45) is 5.92 Å². The zero-order valence-corrected chi connectivity index (χ0v) is 13.2. The van der Waals surface area contributed by atoms with Gasteiger partial charge in [0.25, 0.3) is 5.69 Å². The predicted octanol–water partition coefficient (Wildman–Crippen LogP) is 3.06. The van der Waals surface area contributed by atoms with Crippen LogP contribution in [0.15, 0.2) is 23.1 Å². The van der Waals surface area contributed by atoms with E-state index < -0.39 is 14.9 Å². The lowest BCUT2D eigenvalue weighted by Gasteiger charge is -2.21. The highest BCUT2D eigenvalue weighted by atomic mass is 35.5. The van der Waals surface area contributed by atoms with Gasteiger partial charge in [-0.05, 0) is 24.8 Å². The molecule has 1 fully saturated rings. The number of benzene rings is 1. The number of rotatable bonds is 5. The smallest absolute Gasteiger partial charge is 0.258 e. The molecule has 0 atom stereocenters. The van der Waals surface area contributed by atoms with Crippen LogP contribution in [-0.2, 0) is 10.0 Å². The molecule has 1 saturated carbocycles. The average Bonchev–Trinajstić information content (AvgIpc) is 2.91. The van der Waals surface area contributed by atoms with Crippen molar-refractivity contribution in [3.05, 3.63) is 33.3 Å². The summed E-state index contributed by atoms with van der Waals surface area (Å²) in [7, 11) is -2.33. The van der Waals surface area contributed by atoms with E-state index >= 15 is 0 Å². The number of nitro groups is 1. The summed E-state index contributed by atoms with van der Waals surface area (Å²) in [6.45, 7) is 0.418. The van der Waals surface area contributed by atoms with Crippen LogP contribution in [0.2, 0.25) is 5.02 Å². The van der Waals surface area contributed by atoms with Crippen molar-refractivity contribution in [2.75, 3.05) is 13.6 Å². The second kappa shape index (κ2) is 6.29. The summed E-state index contributed by atoms with van der Waals surface area (Å²) in [5, 5.41) is 10.8. The highest BCUT2D eigenvalue weighted by Crippen LogP contribution is 2.30. The van der Waals surface area contributed by atoms with E-state index in [4.69, 9.17) is 11.6 Å². The van der Waals surface area contributed by atoms with E-state index in [1.54, 1.807) is 0 Å². The van der Waals surface area contributed by atoms with Gasteiger partial charge < -0.3 is 0 Å². The van der Waals surface area contributed by atoms with Crippen molar-refractivity contribution < 1.29 is 13.3 Å². The van der Waals surface area contributed by atoms with Crippen molar-refractivity contribution in [3.8, 4) is 0 Å². The first-order valence-electron chi connectivity index (χ1n) is 6.72. The maximum Gasteiger partial charge on any atom is 0.270 e. The third kappa shape index (κ3) is 3.53. The zero-order chi connectivity index (χ0) is 15.6. The molecule has 2 rings (SSSR count). The van der Waals surface area contributed by atoms with Gasteiger partial charge in [0.05, 0.1) is 9.95 Å². The molecule has 0 heterocycles. The Hall–Kier alpha value is -1.18. The van der Waals surface area contributed by atoms with Gasteiger partial charge in [-0.1, -0.05) is 24.4 Å². The lowest BCUT2D eigenvalue weighted by Crippen LogP contribution is -2.31. The van der Waals surface area contributed by atoms with Gasteiger partial charge in [-0.15, -0.1) is 0 Å². The monoisotopic (exact) mass is 332 g/mol. The first kappa shape index (κ1) is 16.2. The third-order valence-electron chi connectivity index (χ3n) is 3.80. The summed E-state index contributed by atoms with van der Waals surface area (Å²) in [6.07, 6.45) is 4.28. The third-order valence-corrected chi connectivity index (χ3v) is 6.11. The maximum absolute atomic E-state index is 12.5. The second-order valence-electron chi connectivity index (χ2n) is 5.31. The van der Waals surface area contributed by atoms with Gasteiger partial charge >= 0.3 is 0 Å². The number of non-ortho nitro benzene ring substituents is 1. The van der Waals surface area contributed by atoms with Crippen LogP contribution in [0, 0.1) is 16.0 Å². The van der Waals surface area contributed by atoms with Crippen LogP contribution in [0.5, 0.6) is 0 Å². The fraction of sp³-hybridized carbons (Fsp3) is 0.538. The van der Waals surface area contributed by atoms with E-state index in [0.717, 1.165) is 31.7 Å². The molecule has 0 radical (unpaired) electrons. The van der Waals surface area contributed by atoms with Crippen LogP contribution in [0.1, 0.15) is 25.7 Å². The molecule has 6 nitrogen and oxygen atoms in total. The van der Waals surface area contributed by atoms with E-state index in [1.165, 1.54) is 23.5 Å². The van der Waals surface area contributed by atoms with Crippen molar-refractivity contribution in [2.45, 2.75) is 30.6 Å². The summed E-state index contributed by atoms with van der Waals surface area (Å²) in [4.78, 5) is 9.95. The number of sulfonamides is 1. The number of hydrogen-bond acceptors (Lipinski definition) is 4. The minimum absolute atomic E-state index is 0.00104. The SMILES string of the molecule is CN(CC1CCCC1)S(=O)(=O)c1cc([N+](=O)[O-])ccc1Cl. The van der Waals surface area contributed by atoms with Crippen LogP contribution >= 0.6 is 11.6 Å². The van der Waals surface area contributed by atoms with E-state index in [9.17, 15) is 18.5 Å². The molecule has 21 heavy (non-hydrogen) atoms. The first-order valence-corrected chi connectivity index (χ1v) is 8.54. The molecule has 1 aromatic rings. The van der Waals surface area contributed by atoms with Crippen LogP contribution < -0.4 is 0 Å². The standard InChI is InChI=1S/C13H17ClN2O4S/c1-15(9-10-4-2-3-5-10)21(19,20)13-8-11(16(17)18)6-7-12(13)14/h6-8,10H,2-5,9H2,1H3. The fourth-order valence-corrected chi connectivity index (χ4v) is 4.36. The van der Waals surface area contributed by atoms with Gasteiger partial charge in [-0.2, -0.15) is 0 Å². The van der Waals surface area contributed by atoms with Gasteiger partial charge in [0.1, 0.15) is 4.90 Å². The molecule has 0 N–H and O–H groups in total. The van der Waals surface area contributed by atoms with Crippen LogP contribution in [0.3, 0.4) is 0 Å². The molecule has 0 spiro atoms. The molecular weight excluding hydrogens is 316 g/mol. The molecule has 0 amide bonds. The Morgan fingerprint density at radius 3 is 2.57 bits per heavy atom. The molecule has 0 unspecified atom stereocenters. The molecule has 0 saturated heterocycles. The quantitative estimate of drug-likeness (QED) is 0.613. The molecule has 0 bridgehead atoms. The maximum atomic E-state index is 12.5. The number of hydrogen-bond donors (Lipinski definition) is 0. The highest BCUT2D eigenvalue weighted by molar-refractivity contribution is 7.89. The molecule has 0 aliphatic heterocycles. The molecule has 1 aromatic carbocycles. The summed E-state index contributed by atoms with van der Waals surface area (Å²) in [6, 6.07) is 3.46. The van der Waals surface area contributed by atoms with Crippen LogP contribution in [0.25, 0.3) is 0 Å². The summed E-state index contributed by atoms with van der Waals surface area (Å²) in [5.74, 6) is 0.349. The van der Waals surface area contributed by atoms with Crippen LogP contribution in [0.4, 0.5) is 5.69 Å². The minimum Gasteiger partial charge on any atom is -0.258 e. The average molecular weight is 333 g/mol. The lowest BCUT2D eigenvalue weighted by molar-refractivity contribution is -0.385. The number of halogens is 1. The Bertz CT molecular complexity index is 642. The van der Waals surface area contributed by atoms with Gasteiger partial charge in [0, 0.05) is 25.7 Å². The van der Waals surface area contributed by atoms with E-state index in [2.05, 4.69) is 0 Å². The zero-order valence-electron chi connectivity index (χ0n) is 11.7. The van der Waals surface area contributed by atoms with Gasteiger partial charge in [-0.3, -0.25) is 10.1 Å². The summed E-state index contributed by atoms with van der Waals surface area (Å²) >= 11 is 5.92. The Balaban J connectivity index is 2.29. The molecule has 1 aliphatic rings. The van der Waals surface area contributed by atoms with Gasteiger partial charge in [0.15, 0.2) is 0 Å². The largest absolute Gasteiger partial charge is 0.270 e. The fourth-order valence-electron chi connectivity index (χ4n) is 2.63. The summed E-state index contributed by atoms with van der Waals surface area (Å²) < 4.78 is 26.3. The molecule has 1 aliphatic carbocycles. The second-order valence-corrected chi connectivity index (χ2v) is 7.73. The number of nitrogens with zero attached hydrogens (tertiary/aromatic N) is 2. The lowest BCUT2D eigenvalue weighted by atomic mass is 10.1. The molecule has 116 valence electrons. The van der Waals surface area contributed by atoms with Crippen molar-refractivity contribution in [1.82, 2.24) is 4.31 Å². The van der Waals surface area contributed by atoms with Gasteiger partial charge in [0.2, 0.25) is 10.0 Å². The predicted molar refractivity (Wildman–Crippen MR) is 79.9 cm³/mol. The van der Waals surface area contributed by atoms with Crippen LogP contribution in [-0.4, -0.2) is 31.2 Å². The Kier molecular flexibility index (Phi) is 4.85. The highest BCUT2D eigenvalue weighted by Gasteiger charge is 2.28. The summed E-state index contributed by atoms with van der Waals surface area (Å²) in [5.41, 5.74) is -0.285. The van der Waals surface area contributed by atoms with Crippen molar-refractivity contribution >= 4 is 27.3 Å². The normalized spacial score (nSPS) is 16.5. The Morgan fingerprint density at radius 1 is 1.38 bits per heavy atom. The van der Waals surface area contributed by atoms with E-state index in [0.29, 0.717) is 12.5 Å². The van der Waals surface area contributed by atoms with E-state index in [-0.39, 0.29) is 15.6 Å². The Morgan fingerprint density at radius 2 is 2.00 bits per heavy atom. The van der Waals surface area contributed by atoms with Crippen molar-refractivity contribution in [1.29, 1.82) is 0 Å². The van der Waals surface area contributed by atoms with Crippen molar-refractivity contribution in [3.63, 3.8) is 0 Å². The molecule has 8 heteroatoms. The van der Waals surface area contributed by atoms with Gasteiger partial charge in [-0.25, -0.2) is 12.7 Å². The first-order chi connectivity index (χ1) is 9.82. The minimum atomic E-state index is -3.82. The molecule has 0 aromatic heterocycles. The number of nitro benzene ring substituents is 1. The molecular formula is C13H17ClN2O4S.